The highest BCUT2D eigenvalue weighted by Crippen LogP contribution is 2.25. The van der Waals surface area contributed by atoms with Crippen molar-refractivity contribution in [3.8, 4) is 5.75 Å². The van der Waals surface area contributed by atoms with Gasteiger partial charge in [0, 0.05) is 17.0 Å². The van der Waals surface area contributed by atoms with Crippen molar-refractivity contribution >= 4 is 28.7 Å². The second kappa shape index (κ2) is 6.27. The molecule has 0 spiro atoms. The first-order valence-corrected chi connectivity index (χ1v) is 7.04. The number of methoxy groups -OCH3 is 1. The van der Waals surface area contributed by atoms with Crippen LogP contribution >= 0.6 is 0 Å². The molecule has 0 saturated heterocycles. The van der Waals surface area contributed by atoms with Gasteiger partial charge in [0.2, 0.25) is 0 Å². The molecule has 0 radical (unpaired) electrons. The number of nitrogens with zero attached hydrogens (tertiary/aromatic N) is 2. The molecule has 3 rings (SSSR count). The maximum Gasteiger partial charge on any atom is 0.295 e. The van der Waals surface area contributed by atoms with Crippen molar-refractivity contribution in [2.75, 3.05) is 7.11 Å². The van der Waals surface area contributed by atoms with Gasteiger partial charge in [0.1, 0.15) is 11.3 Å². The molecule has 5 heteroatoms. The molecule has 0 N–H and O–H groups in total. The third-order valence-corrected chi connectivity index (χ3v) is 3.49. The SMILES string of the molecule is COc1ccccc1/C=C/c1ccc2cccc([N+](=O)[O-])c2n1. The Hall–Kier alpha value is -3.21. The largest absolute Gasteiger partial charge is 0.496 e. The number of nitro benzene ring substituents is 1. The molecule has 5 nitrogen and oxygen atoms in total. The van der Waals surface area contributed by atoms with Crippen LogP contribution in [0.15, 0.2) is 54.6 Å². The highest BCUT2D eigenvalue weighted by molar-refractivity contribution is 5.88. The molecule has 0 amide bonds. The lowest BCUT2D eigenvalue weighted by Crippen LogP contribution is -1.92. The first-order chi connectivity index (χ1) is 11.2. The van der Waals surface area contributed by atoms with E-state index in [1.54, 1.807) is 13.2 Å². The lowest BCUT2D eigenvalue weighted by atomic mass is 10.1. The number of non-ortho nitro benzene ring substituents is 1. The minimum absolute atomic E-state index is 0.00930. The summed E-state index contributed by atoms with van der Waals surface area (Å²) in [7, 11) is 1.62. The Morgan fingerprint density at radius 2 is 1.87 bits per heavy atom. The van der Waals surface area contributed by atoms with Gasteiger partial charge in [-0.05, 0) is 24.3 Å². The number of nitro groups is 1. The van der Waals surface area contributed by atoms with Gasteiger partial charge in [-0.1, -0.05) is 36.4 Å². The summed E-state index contributed by atoms with van der Waals surface area (Å²) in [6, 6.07) is 16.2. The second-order valence-corrected chi connectivity index (χ2v) is 4.92. The van der Waals surface area contributed by atoms with Crippen LogP contribution in [0.4, 0.5) is 5.69 Å². The molecule has 0 aliphatic heterocycles. The van der Waals surface area contributed by atoms with E-state index in [0.717, 1.165) is 16.7 Å². The molecule has 0 aliphatic carbocycles. The summed E-state index contributed by atoms with van der Waals surface area (Å²) in [5.74, 6) is 0.760. The summed E-state index contributed by atoms with van der Waals surface area (Å²) < 4.78 is 5.29. The van der Waals surface area contributed by atoms with Crippen LogP contribution < -0.4 is 4.74 Å². The van der Waals surface area contributed by atoms with Gasteiger partial charge in [-0.2, -0.15) is 0 Å². The number of hydrogen-bond donors (Lipinski definition) is 0. The van der Waals surface area contributed by atoms with Crippen molar-refractivity contribution in [2.45, 2.75) is 0 Å². The highest BCUT2D eigenvalue weighted by atomic mass is 16.6. The van der Waals surface area contributed by atoms with E-state index in [1.807, 2.05) is 54.6 Å². The number of aromatic nitrogens is 1. The predicted molar refractivity (Wildman–Crippen MR) is 90.3 cm³/mol. The molecule has 0 aliphatic rings. The van der Waals surface area contributed by atoms with E-state index in [9.17, 15) is 10.1 Å². The quantitative estimate of drug-likeness (QED) is 0.532. The Morgan fingerprint density at radius 1 is 1.04 bits per heavy atom. The first-order valence-electron chi connectivity index (χ1n) is 7.04. The lowest BCUT2D eigenvalue weighted by Gasteiger charge is -2.03. The fraction of sp³-hybridized carbons (Fsp3) is 0.0556. The molecule has 114 valence electrons. The molecule has 0 fully saturated rings. The molecule has 2 aromatic carbocycles. The van der Waals surface area contributed by atoms with Crippen LogP contribution in [0.5, 0.6) is 5.75 Å². The summed E-state index contributed by atoms with van der Waals surface area (Å²) >= 11 is 0. The van der Waals surface area contributed by atoms with E-state index >= 15 is 0 Å². The minimum atomic E-state index is -0.414. The molecule has 0 bridgehead atoms. The second-order valence-electron chi connectivity index (χ2n) is 4.92. The standard InChI is InChI=1S/C18H14N2O3/c1-23-17-8-3-2-5-13(17)9-11-15-12-10-14-6-4-7-16(20(21)22)18(14)19-15/h2-12H,1H3/b11-9+. The van der Waals surface area contributed by atoms with Crippen molar-refractivity contribution in [1.29, 1.82) is 0 Å². The fourth-order valence-corrected chi connectivity index (χ4v) is 2.37. The Bertz CT molecular complexity index is 904. The summed E-state index contributed by atoms with van der Waals surface area (Å²) in [5.41, 5.74) is 1.96. The predicted octanol–water partition coefficient (Wildman–Crippen LogP) is 4.32. The third kappa shape index (κ3) is 3.03. The maximum absolute atomic E-state index is 11.1. The lowest BCUT2D eigenvalue weighted by molar-refractivity contribution is -0.383. The van der Waals surface area contributed by atoms with Crippen LogP contribution in [0.2, 0.25) is 0 Å². The van der Waals surface area contributed by atoms with Gasteiger partial charge < -0.3 is 4.74 Å². The number of fused-ring (bicyclic) bond motifs is 1. The van der Waals surface area contributed by atoms with Crippen LogP contribution in [-0.2, 0) is 0 Å². The van der Waals surface area contributed by atoms with Gasteiger partial charge in [-0.15, -0.1) is 0 Å². The molecule has 0 saturated carbocycles. The minimum Gasteiger partial charge on any atom is -0.496 e. The van der Waals surface area contributed by atoms with Crippen molar-refractivity contribution in [3.05, 3.63) is 76.0 Å². The van der Waals surface area contributed by atoms with Crippen LogP contribution in [0, 0.1) is 10.1 Å². The number of hydrogen-bond acceptors (Lipinski definition) is 4. The highest BCUT2D eigenvalue weighted by Gasteiger charge is 2.12. The molecular formula is C18H14N2O3. The van der Waals surface area contributed by atoms with Gasteiger partial charge in [0.15, 0.2) is 0 Å². The van der Waals surface area contributed by atoms with Crippen molar-refractivity contribution in [2.24, 2.45) is 0 Å². The summed E-state index contributed by atoms with van der Waals surface area (Å²) in [4.78, 5) is 15.1. The number of ether oxygens (including phenoxy) is 1. The Labute approximate surface area is 133 Å². The monoisotopic (exact) mass is 306 g/mol. The van der Waals surface area contributed by atoms with E-state index < -0.39 is 4.92 Å². The van der Waals surface area contributed by atoms with Crippen LogP contribution in [0.25, 0.3) is 23.1 Å². The number of benzene rings is 2. The van der Waals surface area contributed by atoms with Gasteiger partial charge in [0.05, 0.1) is 17.7 Å². The van der Waals surface area contributed by atoms with E-state index in [0.29, 0.717) is 11.2 Å². The van der Waals surface area contributed by atoms with E-state index in [1.165, 1.54) is 6.07 Å². The third-order valence-electron chi connectivity index (χ3n) is 3.49. The zero-order valence-electron chi connectivity index (χ0n) is 12.5. The maximum atomic E-state index is 11.1. The first kappa shape index (κ1) is 14.7. The summed E-state index contributed by atoms with van der Waals surface area (Å²) in [5, 5.41) is 11.9. The number of rotatable bonds is 4. The molecular weight excluding hydrogens is 292 g/mol. The molecule has 23 heavy (non-hydrogen) atoms. The number of pyridine rings is 1. The Kier molecular flexibility index (Phi) is 4.01. The average molecular weight is 306 g/mol. The van der Waals surface area contributed by atoms with Crippen LogP contribution in [-0.4, -0.2) is 17.0 Å². The van der Waals surface area contributed by atoms with E-state index in [4.69, 9.17) is 4.74 Å². The van der Waals surface area contributed by atoms with Gasteiger partial charge in [-0.25, -0.2) is 4.98 Å². The Balaban J connectivity index is 2.02. The zero-order valence-corrected chi connectivity index (χ0v) is 12.5. The average Bonchev–Trinajstić information content (AvgIpc) is 2.59. The molecule has 1 heterocycles. The van der Waals surface area contributed by atoms with E-state index in [-0.39, 0.29) is 5.69 Å². The topological polar surface area (TPSA) is 65.3 Å². The molecule has 3 aromatic rings. The normalized spacial score (nSPS) is 11.0. The van der Waals surface area contributed by atoms with Gasteiger partial charge in [-0.3, -0.25) is 10.1 Å². The van der Waals surface area contributed by atoms with Gasteiger partial charge >= 0.3 is 0 Å². The summed E-state index contributed by atoms with van der Waals surface area (Å²) in [6.07, 6.45) is 3.69. The van der Waals surface area contributed by atoms with Crippen molar-refractivity contribution in [1.82, 2.24) is 4.98 Å². The van der Waals surface area contributed by atoms with Crippen LogP contribution in [0.1, 0.15) is 11.3 Å². The smallest absolute Gasteiger partial charge is 0.295 e. The Morgan fingerprint density at radius 3 is 2.65 bits per heavy atom. The zero-order chi connectivity index (χ0) is 16.2. The molecule has 0 atom stereocenters. The summed E-state index contributed by atoms with van der Waals surface area (Å²) in [6.45, 7) is 0. The molecule has 0 unspecified atom stereocenters. The fourth-order valence-electron chi connectivity index (χ4n) is 2.37. The van der Waals surface area contributed by atoms with Crippen LogP contribution in [0.3, 0.4) is 0 Å². The van der Waals surface area contributed by atoms with Gasteiger partial charge in [0.25, 0.3) is 5.69 Å². The number of para-hydroxylation sites is 2. The van der Waals surface area contributed by atoms with E-state index in [2.05, 4.69) is 4.98 Å². The van der Waals surface area contributed by atoms with Crippen molar-refractivity contribution < 1.29 is 9.66 Å². The molecule has 1 aromatic heterocycles. The van der Waals surface area contributed by atoms with Crippen molar-refractivity contribution in [3.63, 3.8) is 0 Å².